The molecule has 0 radical (unpaired) electrons. The van der Waals surface area contributed by atoms with Gasteiger partial charge in [-0.05, 0) is 6.42 Å². The number of halogens is 14. The number of hydrogen-bond donors (Lipinski definition) is 0. The summed E-state index contributed by atoms with van der Waals surface area (Å²) < 4.78 is 167. The predicted molar refractivity (Wildman–Crippen MR) is 64.6 cm³/mol. The zero-order chi connectivity index (χ0) is 21.4. The number of unbranched alkanes of at least 4 members (excludes halogenated alkanes) is 1. The summed E-state index contributed by atoms with van der Waals surface area (Å²) in [5, 5.41) is -1.94. The quantitative estimate of drug-likeness (QED) is 0.271. The summed E-state index contributed by atoms with van der Waals surface area (Å²) >= 11 is 5.20. The average molecular weight is 439 g/mol. The lowest BCUT2D eigenvalue weighted by Gasteiger charge is -2.40. The molecule has 0 spiro atoms. The zero-order valence-corrected chi connectivity index (χ0v) is 13.5. The van der Waals surface area contributed by atoms with Crippen molar-refractivity contribution in [1.82, 2.24) is 0 Å². The maximum absolute atomic E-state index is 13.4. The van der Waals surface area contributed by atoms with Gasteiger partial charge in [0.25, 0.3) is 0 Å². The summed E-state index contributed by atoms with van der Waals surface area (Å²) in [4.78, 5) is 0. The number of alkyl halides is 14. The Morgan fingerprint density at radius 3 is 1.38 bits per heavy atom. The highest BCUT2D eigenvalue weighted by Gasteiger charge is 2.90. The molecular weight excluding hydrogens is 427 g/mol. The normalized spacial score (nSPS) is 16.7. The third kappa shape index (κ3) is 4.11. The smallest absolute Gasteiger partial charge is 0.200 e. The molecule has 0 aliphatic heterocycles. The van der Waals surface area contributed by atoms with E-state index >= 15 is 0 Å². The highest BCUT2D eigenvalue weighted by Crippen LogP contribution is 2.60. The van der Waals surface area contributed by atoms with Gasteiger partial charge in [0.1, 0.15) is 0 Å². The maximum Gasteiger partial charge on any atom is 0.460 e. The van der Waals surface area contributed by atoms with Crippen molar-refractivity contribution in [2.45, 2.75) is 73.8 Å². The van der Waals surface area contributed by atoms with Gasteiger partial charge in [0.05, 0.1) is 0 Å². The van der Waals surface area contributed by atoms with E-state index < -0.39 is 54.0 Å². The van der Waals surface area contributed by atoms with Crippen LogP contribution < -0.4 is 0 Å². The lowest BCUT2D eigenvalue weighted by atomic mass is 9.91. The molecule has 0 fully saturated rings. The molecule has 0 rings (SSSR count). The molecule has 1 unspecified atom stereocenters. The van der Waals surface area contributed by atoms with Crippen LogP contribution >= 0.6 is 11.6 Å². The van der Waals surface area contributed by atoms with Crippen LogP contribution in [0.2, 0.25) is 0 Å². The Hall–Kier alpha value is -0.620. The number of hydrogen-bond acceptors (Lipinski definition) is 0. The minimum absolute atomic E-state index is 0.0501. The van der Waals surface area contributed by atoms with Crippen LogP contribution in [0, 0.1) is 0 Å². The van der Waals surface area contributed by atoms with Crippen LogP contribution in [0.3, 0.4) is 0 Å². The van der Waals surface area contributed by atoms with Gasteiger partial charge in [-0.25, -0.2) is 0 Å². The first-order valence-electron chi connectivity index (χ1n) is 6.80. The largest absolute Gasteiger partial charge is 0.460 e. The van der Waals surface area contributed by atoms with Crippen molar-refractivity contribution in [3.05, 3.63) is 0 Å². The van der Waals surface area contributed by atoms with Crippen LogP contribution in [0.15, 0.2) is 0 Å². The van der Waals surface area contributed by atoms with Crippen molar-refractivity contribution < 1.29 is 57.1 Å². The van der Waals surface area contributed by atoms with Crippen LogP contribution in [0.4, 0.5) is 57.1 Å². The molecule has 26 heavy (non-hydrogen) atoms. The molecule has 0 amide bonds. The van der Waals surface area contributed by atoms with Crippen LogP contribution in [-0.2, 0) is 0 Å². The molecule has 0 aromatic rings. The van der Waals surface area contributed by atoms with E-state index in [1.165, 1.54) is 6.92 Å². The van der Waals surface area contributed by atoms with E-state index in [0.29, 0.717) is 6.42 Å². The van der Waals surface area contributed by atoms with E-state index in [2.05, 4.69) is 0 Å². The minimum atomic E-state index is -7.86. The first kappa shape index (κ1) is 25.4. The molecular formula is C12H12ClF13. The Balaban J connectivity index is 5.92. The van der Waals surface area contributed by atoms with Crippen molar-refractivity contribution in [1.29, 1.82) is 0 Å². The first-order chi connectivity index (χ1) is 11.2. The molecule has 0 saturated heterocycles. The van der Waals surface area contributed by atoms with E-state index in [9.17, 15) is 57.1 Å². The maximum atomic E-state index is 13.4. The third-order valence-corrected chi connectivity index (χ3v) is 3.72. The van der Waals surface area contributed by atoms with Gasteiger partial charge in [-0.3, -0.25) is 0 Å². The van der Waals surface area contributed by atoms with E-state index in [0.717, 1.165) is 0 Å². The van der Waals surface area contributed by atoms with Gasteiger partial charge in [-0.1, -0.05) is 19.8 Å². The second-order valence-electron chi connectivity index (χ2n) is 5.44. The van der Waals surface area contributed by atoms with E-state index in [1.54, 1.807) is 0 Å². The molecule has 158 valence electrons. The van der Waals surface area contributed by atoms with Crippen molar-refractivity contribution in [2.75, 3.05) is 0 Å². The summed E-state index contributed by atoms with van der Waals surface area (Å²) in [6, 6.07) is 0. The van der Waals surface area contributed by atoms with Gasteiger partial charge in [0, 0.05) is 11.8 Å². The second-order valence-corrected chi connectivity index (χ2v) is 6.06. The fraction of sp³-hybridized carbons (Fsp3) is 1.00. The van der Waals surface area contributed by atoms with Gasteiger partial charge in [-0.2, -0.15) is 57.1 Å². The molecule has 14 heteroatoms. The van der Waals surface area contributed by atoms with Crippen LogP contribution in [0.25, 0.3) is 0 Å². The van der Waals surface area contributed by atoms with Crippen molar-refractivity contribution in [3.63, 3.8) is 0 Å². The summed E-state index contributed by atoms with van der Waals surface area (Å²) in [7, 11) is 0. The van der Waals surface area contributed by atoms with Crippen LogP contribution in [0.5, 0.6) is 0 Å². The van der Waals surface area contributed by atoms with Crippen molar-refractivity contribution in [3.8, 4) is 0 Å². The summed E-state index contributed by atoms with van der Waals surface area (Å²) in [5.74, 6) is -36.7. The summed E-state index contributed by atoms with van der Waals surface area (Å²) in [6.45, 7) is 1.50. The van der Waals surface area contributed by atoms with Gasteiger partial charge >= 0.3 is 35.8 Å². The fourth-order valence-electron chi connectivity index (χ4n) is 1.74. The van der Waals surface area contributed by atoms with Crippen molar-refractivity contribution in [2.24, 2.45) is 0 Å². The summed E-state index contributed by atoms with van der Waals surface area (Å²) in [5.41, 5.74) is 0. The van der Waals surface area contributed by atoms with Gasteiger partial charge in [0.15, 0.2) is 0 Å². The Bertz CT molecular complexity index is 468. The third-order valence-electron chi connectivity index (χ3n) is 3.35. The number of rotatable bonds is 9. The standard InChI is InChI=1S/C12H12ClF13/c1-2-3-4-6(13)5-7(14,15)8(16,17)9(18,19)10(20,21)11(22,23)12(24,25)26/h6H,2-5H2,1H3. The molecule has 1 atom stereocenters. The Morgan fingerprint density at radius 2 is 1.04 bits per heavy atom. The molecule has 0 nitrogen and oxygen atoms in total. The van der Waals surface area contributed by atoms with Crippen LogP contribution in [-0.4, -0.2) is 41.2 Å². The molecule has 0 aromatic carbocycles. The van der Waals surface area contributed by atoms with Gasteiger partial charge in [0.2, 0.25) is 0 Å². The van der Waals surface area contributed by atoms with Crippen LogP contribution in [0.1, 0.15) is 32.6 Å². The Labute approximate surface area is 143 Å². The Kier molecular flexibility index (Phi) is 7.24. The van der Waals surface area contributed by atoms with Crippen molar-refractivity contribution >= 4 is 11.6 Å². The van der Waals surface area contributed by atoms with E-state index in [4.69, 9.17) is 11.6 Å². The lowest BCUT2D eigenvalue weighted by Crippen LogP contribution is -2.70. The molecule has 0 heterocycles. The highest BCUT2D eigenvalue weighted by atomic mass is 35.5. The second kappa shape index (κ2) is 7.42. The monoisotopic (exact) mass is 438 g/mol. The molecule has 0 aliphatic rings. The molecule has 0 aliphatic carbocycles. The summed E-state index contributed by atoms with van der Waals surface area (Å²) in [6.07, 6.45) is -9.83. The molecule has 0 N–H and O–H groups in total. The SMILES string of the molecule is CCCCC(Cl)CC(F)(F)C(F)(F)C(F)(F)C(F)(F)C(F)(F)C(F)(F)F. The molecule has 0 aromatic heterocycles. The van der Waals surface area contributed by atoms with E-state index in [1.807, 2.05) is 0 Å². The van der Waals surface area contributed by atoms with E-state index in [-0.39, 0.29) is 6.42 Å². The molecule has 0 saturated carbocycles. The predicted octanol–water partition coefficient (Wildman–Crippen LogP) is 6.91. The zero-order valence-electron chi connectivity index (χ0n) is 12.7. The van der Waals surface area contributed by atoms with Gasteiger partial charge in [-0.15, -0.1) is 11.6 Å². The fourth-order valence-corrected chi connectivity index (χ4v) is 2.08. The lowest BCUT2D eigenvalue weighted by molar-refractivity contribution is -0.440. The topological polar surface area (TPSA) is 0 Å². The average Bonchev–Trinajstić information content (AvgIpc) is 2.42. The minimum Gasteiger partial charge on any atom is -0.200 e. The first-order valence-corrected chi connectivity index (χ1v) is 7.24. The molecule has 0 bridgehead atoms. The highest BCUT2D eigenvalue weighted by molar-refractivity contribution is 6.20. The van der Waals surface area contributed by atoms with Gasteiger partial charge < -0.3 is 0 Å². The Morgan fingerprint density at radius 1 is 0.654 bits per heavy atom.